The summed E-state index contributed by atoms with van der Waals surface area (Å²) in [6.45, 7) is 2.45. The zero-order valence-electron chi connectivity index (χ0n) is 16.9. The maximum absolute atomic E-state index is 13.1. The third-order valence-corrected chi connectivity index (χ3v) is 8.63. The van der Waals surface area contributed by atoms with E-state index in [0.717, 1.165) is 22.6 Å². The van der Waals surface area contributed by atoms with Crippen molar-refractivity contribution in [3.8, 4) is 11.5 Å². The van der Waals surface area contributed by atoms with Gasteiger partial charge < -0.3 is 19.9 Å². The fourth-order valence-electron chi connectivity index (χ4n) is 3.89. The van der Waals surface area contributed by atoms with Gasteiger partial charge in [0, 0.05) is 11.3 Å². The summed E-state index contributed by atoms with van der Waals surface area (Å²) in [5.41, 5.74) is 0.870. The van der Waals surface area contributed by atoms with Crippen LogP contribution in [0.4, 0.5) is 4.39 Å². The van der Waals surface area contributed by atoms with Gasteiger partial charge in [0.05, 0.1) is 7.11 Å². The molecule has 29 heavy (non-hydrogen) atoms. The smallest absolute Gasteiger partial charge is 0.321 e. The molecule has 0 radical (unpaired) electrons. The van der Waals surface area contributed by atoms with Crippen molar-refractivity contribution in [3.63, 3.8) is 0 Å². The van der Waals surface area contributed by atoms with Crippen LogP contribution in [0, 0.1) is 11.7 Å². The van der Waals surface area contributed by atoms with E-state index in [-0.39, 0.29) is 11.1 Å². The molecular formula is C22H28FNO4S. The number of hydrogen-bond acceptors (Lipinski definition) is 4. The second-order valence-corrected chi connectivity index (χ2v) is 9.84. The van der Waals surface area contributed by atoms with Gasteiger partial charge in [0.25, 0.3) is 0 Å². The minimum absolute atomic E-state index is 0.0459. The van der Waals surface area contributed by atoms with Gasteiger partial charge in [-0.1, -0.05) is 19.1 Å². The molecule has 2 aromatic rings. The number of benzene rings is 2. The molecule has 1 saturated heterocycles. The molecule has 0 saturated carbocycles. The van der Waals surface area contributed by atoms with Gasteiger partial charge in [0.15, 0.2) is 0 Å². The predicted octanol–water partition coefficient (Wildman–Crippen LogP) is 3.85. The lowest BCUT2D eigenvalue weighted by Crippen LogP contribution is -2.45. The number of methoxy groups -OCH3 is 1. The molecule has 2 unspecified atom stereocenters. The number of halogens is 1. The molecular weight excluding hydrogens is 393 g/mol. The summed E-state index contributed by atoms with van der Waals surface area (Å²) in [4.78, 5) is 12.9. The number of hydrogen-bond donors (Lipinski definition) is 3. The van der Waals surface area contributed by atoms with Crippen LogP contribution in [-0.2, 0) is 11.4 Å². The fraction of sp³-hybridized carbons (Fsp3) is 0.409. The van der Waals surface area contributed by atoms with E-state index < -0.39 is 22.9 Å². The molecule has 1 heterocycles. The average molecular weight is 422 g/mol. The lowest BCUT2D eigenvalue weighted by molar-refractivity contribution is -0.139. The molecule has 0 spiro atoms. The van der Waals surface area contributed by atoms with Crippen LogP contribution in [0.2, 0.25) is 0 Å². The van der Waals surface area contributed by atoms with E-state index in [1.807, 2.05) is 18.2 Å². The van der Waals surface area contributed by atoms with E-state index in [9.17, 15) is 14.3 Å². The Morgan fingerprint density at radius 3 is 2.59 bits per heavy atom. The number of aliphatic carboxylic acids is 1. The standard InChI is InChI=1S/C22H28FNO4S/c1-14-8-9-29(21(14)20(24-2)22(25)26)19-11-17(27-3)10-18(12-19)28-13-15-4-6-16(23)7-5-15/h4-7,10-12,14,20-21,24,29H,8-9,13H2,1-3H3,(H,25,26)/t14-,20?,21-/m1/s1. The lowest BCUT2D eigenvalue weighted by atomic mass is 9.99. The van der Waals surface area contributed by atoms with E-state index in [4.69, 9.17) is 9.47 Å². The molecule has 0 aromatic heterocycles. The predicted molar refractivity (Wildman–Crippen MR) is 114 cm³/mol. The summed E-state index contributed by atoms with van der Waals surface area (Å²) in [5, 5.41) is 12.7. The monoisotopic (exact) mass is 421 g/mol. The van der Waals surface area contributed by atoms with Gasteiger partial charge in [-0.25, -0.2) is 15.3 Å². The van der Waals surface area contributed by atoms with Gasteiger partial charge in [0.1, 0.15) is 30.0 Å². The zero-order chi connectivity index (χ0) is 21.0. The number of carbonyl (C=O) groups is 1. The maximum atomic E-state index is 13.1. The van der Waals surface area contributed by atoms with Gasteiger partial charge in [0.2, 0.25) is 0 Å². The Balaban J connectivity index is 1.85. The first-order valence-corrected chi connectivity index (χ1v) is 11.3. The van der Waals surface area contributed by atoms with Crippen molar-refractivity contribution in [1.29, 1.82) is 0 Å². The number of carboxylic acid groups (broad SMARTS) is 1. The average Bonchev–Trinajstić information content (AvgIpc) is 3.09. The van der Waals surface area contributed by atoms with Crippen LogP contribution in [0.1, 0.15) is 18.9 Å². The Hall–Kier alpha value is -2.25. The van der Waals surface area contributed by atoms with Gasteiger partial charge in [-0.05, 0) is 59.9 Å². The molecule has 0 aliphatic carbocycles. The highest BCUT2D eigenvalue weighted by Gasteiger charge is 2.40. The van der Waals surface area contributed by atoms with E-state index in [2.05, 4.69) is 12.2 Å². The minimum Gasteiger partial charge on any atom is -0.497 e. The Labute approximate surface area is 173 Å². The summed E-state index contributed by atoms with van der Waals surface area (Å²) in [7, 11) is 2.64. The highest BCUT2D eigenvalue weighted by Crippen LogP contribution is 2.53. The molecule has 3 rings (SSSR count). The van der Waals surface area contributed by atoms with Crippen molar-refractivity contribution < 1.29 is 23.8 Å². The van der Waals surface area contributed by atoms with E-state index in [1.165, 1.54) is 12.1 Å². The number of ether oxygens (including phenoxy) is 2. The van der Waals surface area contributed by atoms with Crippen LogP contribution in [-0.4, -0.2) is 42.3 Å². The van der Waals surface area contributed by atoms with Crippen LogP contribution in [0.3, 0.4) is 0 Å². The second kappa shape index (κ2) is 9.50. The molecule has 0 amide bonds. The summed E-state index contributed by atoms with van der Waals surface area (Å²) in [6, 6.07) is 11.4. The molecule has 2 aromatic carbocycles. The normalized spacial score (nSPS) is 23.5. The Kier molecular flexibility index (Phi) is 7.03. The summed E-state index contributed by atoms with van der Waals surface area (Å²) >= 11 is 0. The molecule has 158 valence electrons. The molecule has 4 atom stereocenters. The van der Waals surface area contributed by atoms with E-state index >= 15 is 0 Å². The highest BCUT2D eigenvalue weighted by atomic mass is 32.2. The molecule has 1 fully saturated rings. The number of carboxylic acids is 1. The minimum atomic E-state index is -0.811. The third-order valence-electron chi connectivity index (χ3n) is 5.44. The van der Waals surface area contributed by atoms with Crippen molar-refractivity contribution in [1.82, 2.24) is 5.32 Å². The first-order valence-electron chi connectivity index (χ1n) is 9.66. The number of rotatable bonds is 8. The van der Waals surface area contributed by atoms with Crippen LogP contribution >= 0.6 is 10.9 Å². The van der Waals surface area contributed by atoms with Crippen LogP contribution in [0.25, 0.3) is 0 Å². The largest absolute Gasteiger partial charge is 0.497 e. The summed E-state index contributed by atoms with van der Waals surface area (Å²) < 4.78 is 24.5. The fourth-order valence-corrected chi connectivity index (χ4v) is 7.46. The summed E-state index contributed by atoms with van der Waals surface area (Å²) in [6.07, 6.45) is 1.00. The van der Waals surface area contributed by atoms with Crippen molar-refractivity contribution in [2.24, 2.45) is 5.92 Å². The van der Waals surface area contributed by atoms with Crippen molar-refractivity contribution in [2.75, 3.05) is 19.9 Å². The molecule has 5 nitrogen and oxygen atoms in total. The Morgan fingerprint density at radius 2 is 1.97 bits per heavy atom. The van der Waals surface area contributed by atoms with Gasteiger partial charge in [-0.15, -0.1) is 0 Å². The van der Waals surface area contributed by atoms with Crippen molar-refractivity contribution in [3.05, 3.63) is 53.8 Å². The molecule has 1 aliphatic rings. The molecule has 1 aliphatic heterocycles. The first kappa shape index (κ1) is 21.5. The Morgan fingerprint density at radius 1 is 1.28 bits per heavy atom. The molecule has 7 heteroatoms. The van der Waals surface area contributed by atoms with Gasteiger partial charge in [-0.2, -0.15) is 0 Å². The molecule has 2 N–H and O–H groups in total. The van der Waals surface area contributed by atoms with E-state index in [1.54, 1.807) is 26.3 Å². The van der Waals surface area contributed by atoms with Gasteiger partial charge >= 0.3 is 5.97 Å². The second-order valence-electron chi connectivity index (χ2n) is 7.34. The quantitative estimate of drug-likeness (QED) is 0.565. The van der Waals surface area contributed by atoms with Crippen molar-refractivity contribution in [2.45, 2.75) is 36.1 Å². The Bertz CT molecular complexity index is 845. The van der Waals surface area contributed by atoms with Crippen LogP contribution in [0.15, 0.2) is 47.4 Å². The highest BCUT2D eigenvalue weighted by molar-refractivity contribution is 8.17. The maximum Gasteiger partial charge on any atom is 0.321 e. The first-order chi connectivity index (χ1) is 13.9. The third kappa shape index (κ3) is 5.03. The lowest BCUT2D eigenvalue weighted by Gasteiger charge is -2.32. The zero-order valence-corrected chi connectivity index (χ0v) is 17.8. The topological polar surface area (TPSA) is 67.8 Å². The molecule has 0 bridgehead atoms. The number of nitrogens with one attached hydrogen (secondary N) is 1. The SMILES string of the molecule is CNC(C(=O)O)[C@H]1[C@H](C)CC[SH]1c1cc(OC)cc(OCc2ccc(F)cc2)c1. The van der Waals surface area contributed by atoms with Crippen LogP contribution in [0.5, 0.6) is 11.5 Å². The number of thiol groups is 1. The van der Waals surface area contributed by atoms with Crippen LogP contribution < -0.4 is 14.8 Å². The number of likely N-dealkylation sites (N-methyl/N-ethyl adjacent to an activating group) is 1. The van der Waals surface area contributed by atoms with E-state index in [0.29, 0.717) is 24.0 Å². The summed E-state index contributed by atoms with van der Waals surface area (Å²) in [5.74, 6) is 1.57. The van der Waals surface area contributed by atoms with Crippen molar-refractivity contribution >= 4 is 16.9 Å². The van der Waals surface area contributed by atoms with Gasteiger partial charge in [-0.3, -0.25) is 4.79 Å².